The summed E-state index contributed by atoms with van der Waals surface area (Å²) in [6.07, 6.45) is 2.03. The van der Waals surface area contributed by atoms with Crippen LogP contribution < -0.4 is 5.32 Å². The molecule has 0 saturated carbocycles. The molecule has 1 unspecified atom stereocenters. The van der Waals surface area contributed by atoms with Crippen LogP contribution in [0.4, 0.5) is 0 Å². The van der Waals surface area contributed by atoms with Crippen molar-refractivity contribution in [1.29, 1.82) is 0 Å². The molecule has 0 aromatic heterocycles. The fraction of sp³-hybridized carbons (Fsp3) is 0.714. The number of carboxylic acid groups (broad SMARTS) is 1. The summed E-state index contributed by atoms with van der Waals surface area (Å²) in [4.78, 5) is 20.8. The van der Waals surface area contributed by atoms with Gasteiger partial charge in [0.1, 0.15) is 0 Å². The molecule has 4 heteroatoms. The standard InChI is InChI=1S/C7H11NO3/c9-6-3-1-5(8-6)2-4-7(10)11/h5H,1-4H2,(H,8,9)(H,10,11). The molecule has 0 aliphatic carbocycles. The summed E-state index contributed by atoms with van der Waals surface area (Å²) in [6, 6.07) is 0.0959. The van der Waals surface area contributed by atoms with Gasteiger partial charge in [0.25, 0.3) is 0 Å². The van der Waals surface area contributed by atoms with E-state index in [0.717, 1.165) is 6.42 Å². The molecule has 1 atom stereocenters. The van der Waals surface area contributed by atoms with E-state index in [0.29, 0.717) is 12.8 Å². The highest BCUT2D eigenvalue weighted by Crippen LogP contribution is 2.11. The molecule has 1 aliphatic rings. The van der Waals surface area contributed by atoms with Crippen molar-refractivity contribution in [3.8, 4) is 0 Å². The van der Waals surface area contributed by atoms with Crippen molar-refractivity contribution >= 4 is 11.9 Å². The van der Waals surface area contributed by atoms with Crippen LogP contribution in [0.3, 0.4) is 0 Å². The molecule has 0 bridgehead atoms. The Morgan fingerprint density at radius 3 is 2.91 bits per heavy atom. The van der Waals surface area contributed by atoms with Crippen LogP contribution in [-0.4, -0.2) is 23.0 Å². The van der Waals surface area contributed by atoms with E-state index in [1.54, 1.807) is 0 Å². The highest BCUT2D eigenvalue weighted by Gasteiger charge is 2.20. The van der Waals surface area contributed by atoms with E-state index < -0.39 is 5.97 Å². The summed E-state index contributed by atoms with van der Waals surface area (Å²) in [5.74, 6) is -0.758. The lowest BCUT2D eigenvalue weighted by molar-refractivity contribution is -0.137. The second kappa shape index (κ2) is 3.37. The number of carbonyl (C=O) groups excluding carboxylic acids is 1. The van der Waals surface area contributed by atoms with Gasteiger partial charge in [-0.05, 0) is 12.8 Å². The minimum Gasteiger partial charge on any atom is -0.481 e. The highest BCUT2D eigenvalue weighted by atomic mass is 16.4. The van der Waals surface area contributed by atoms with Crippen LogP contribution >= 0.6 is 0 Å². The zero-order valence-electron chi connectivity index (χ0n) is 6.17. The van der Waals surface area contributed by atoms with E-state index in [4.69, 9.17) is 5.11 Å². The van der Waals surface area contributed by atoms with Gasteiger partial charge >= 0.3 is 5.97 Å². The maximum Gasteiger partial charge on any atom is 0.303 e. The molecule has 4 nitrogen and oxygen atoms in total. The molecule has 0 spiro atoms. The van der Waals surface area contributed by atoms with E-state index >= 15 is 0 Å². The summed E-state index contributed by atoms with van der Waals surface area (Å²) in [5, 5.41) is 11.0. The number of aliphatic carboxylic acids is 1. The van der Waals surface area contributed by atoms with Crippen molar-refractivity contribution in [3.05, 3.63) is 0 Å². The lowest BCUT2D eigenvalue weighted by atomic mass is 10.1. The fourth-order valence-corrected chi connectivity index (χ4v) is 1.19. The highest BCUT2D eigenvalue weighted by molar-refractivity contribution is 5.78. The maximum atomic E-state index is 10.6. The van der Waals surface area contributed by atoms with Crippen LogP contribution in [0.25, 0.3) is 0 Å². The van der Waals surface area contributed by atoms with Gasteiger partial charge in [-0.3, -0.25) is 9.59 Å². The first-order chi connectivity index (χ1) is 5.18. The number of hydrogen-bond donors (Lipinski definition) is 2. The fourth-order valence-electron chi connectivity index (χ4n) is 1.19. The van der Waals surface area contributed by atoms with Crippen LogP contribution in [-0.2, 0) is 9.59 Å². The van der Waals surface area contributed by atoms with Gasteiger partial charge in [0.2, 0.25) is 5.91 Å². The Labute approximate surface area is 64.6 Å². The quantitative estimate of drug-likeness (QED) is 0.612. The molecule has 62 valence electrons. The molecule has 1 saturated heterocycles. The molecule has 2 N–H and O–H groups in total. The first-order valence-electron chi connectivity index (χ1n) is 3.69. The van der Waals surface area contributed by atoms with Gasteiger partial charge in [0, 0.05) is 18.9 Å². The van der Waals surface area contributed by atoms with Crippen LogP contribution in [0.2, 0.25) is 0 Å². The molecule has 1 heterocycles. The molecule has 0 aromatic rings. The van der Waals surface area contributed by atoms with Gasteiger partial charge in [-0.1, -0.05) is 0 Å². The molecular formula is C7H11NO3. The third-order valence-corrected chi connectivity index (χ3v) is 1.79. The number of amides is 1. The summed E-state index contributed by atoms with van der Waals surface area (Å²) in [7, 11) is 0. The van der Waals surface area contributed by atoms with Crippen LogP contribution in [0.15, 0.2) is 0 Å². The van der Waals surface area contributed by atoms with Crippen molar-refractivity contribution in [1.82, 2.24) is 5.32 Å². The first kappa shape index (κ1) is 8.04. The predicted molar refractivity (Wildman–Crippen MR) is 38.0 cm³/mol. The normalized spacial score (nSPS) is 23.3. The number of carboxylic acids is 1. The number of hydrogen-bond acceptors (Lipinski definition) is 2. The summed E-state index contributed by atoms with van der Waals surface area (Å²) >= 11 is 0. The van der Waals surface area contributed by atoms with Gasteiger partial charge in [0.15, 0.2) is 0 Å². The second-order valence-electron chi connectivity index (χ2n) is 2.74. The lowest BCUT2D eigenvalue weighted by Crippen LogP contribution is -2.25. The van der Waals surface area contributed by atoms with Crippen molar-refractivity contribution in [2.45, 2.75) is 31.7 Å². The van der Waals surface area contributed by atoms with Crippen LogP contribution in [0.1, 0.15) is 25.7 Å². The SMILES string of the molecule is O=C(O)CCC1CCC(=O)N1. The smallest absolute Gasteiger partial charge is 0.303 e. The van der Waals surface area contributed by atoms with Gasteiger partial charge in [-0.25, -0.2) is 0 Å². The van der Waals surface area contributed by atoms with Gasteiger partial charge in [-0.2, -0.15) is 0 Å². The monoisotopic (exact) mass is 157 g/mol. The average molecular weight is 157 g/mol. The lowest BCUT2D eigenvalue weighted by Gasteiger charge is -2.05. The largest absolute Gasteiger partial charge is 0.481 e. The Bertz CT molecular complexity index is 179. The van der Waals surface area contributed by atoms with Crippen molar-refractivity contribution < 1.29 is 14.7 Å². The number of nitrogens with one attached hydrogen (secondary N) is 1. The topological polar surface area (TPSA) is 66.4 Å². The second-order valence-corrected chi connectivity index (χ2v) is 2.74. The predicted octanol–water partition coefficient (Wildman–Crippen LogP) is 0.130. The number of rotatable bonds is 3. The summed E-state index contributed by atoms with van der Waals surface area (Å²) in [6.45, 7) is 0. The number of carbonyl (C=O) groups is 2. The van der Waals surface area contributed by atoms with Crippen molar-refractivity contribution in [2.24, 2.45) is 0 Å². The summed E-state index contributed by atoms with van der Waals surface area (Å²) < 4.78 is 0. The van der Waals surface area contributed by atoms with E-state index in [-0.39, 0.29) is 18.4 Å². The maximum absolute atomic E-state index is 10.6. The van der Waals surface area contributed by atoms with Gasteiger partial charge in [-0.15, -0.1) is 0 Å². The average Bonchev–Trinajstić information content (AvgIpc) is 2.31. The minimum atomic E-state index is -0.800. The van der Waals surface area contributed by atoms with E-state index in [1.807, 2.05) is 0 Å². The van der Waals surface area contributed by atoms with Crippen molar-refractivity contribution in [3.63, 3.8) is 0 Å². The third-order valence-electron chi connectivity index (χ3n) is 1.79. The molecule has 1 aliphatic heterocycles. The zero-order valence-corrected chi connectivity index (χ0v) is 6.17. The first-order valence-corrected chi connectivity index (χ1v) is 3.69. The van der Waals surface area contributed by atoms with Crippen molar-refractivity contribution in [2.75, 3.05) is 0 Å². The summed E-state index contributed by atoms with van der Waals surface area (Å²) in [5.41, 5.74) is 0. The van der Waals surface area contributed by atoms with E-state index in [2.05, 4.69) is 5.32 Å². The molecule has 1 rings (SSSR count). The Morgan fingerprint density at radius 1 is 1.73 bits per heavy atom. The Morgan fingerprint density at radius 2 is 2.45 bits per heavy atom. The molecule has 0 radical (unpaired) electrons. The molecular weight excluding hydrogens is 146 g/mol. The van der Waals surface area contributed by atoms with E-state index in [1.165, 1.54) is 0 Å². The Kier molecular flexibility index (Phi) is 2.46. The van der Waals surface area contributed by atoms with Gasteiger partial charge in [0.05, 0.1) is 0 Å². The van der Waals surface area contributed by atoms with Crippen LogP contribution in [0, 0.1) is 0 Å². The Balaban J connectivity index is 2.18. The third kappa shape index (κ3) is 2.57. The minimum absolute atomic E-state index is 0.0420. The van der Waals surface area contributed by atoms with E-state index in [9.17, 15) is 9.59 Å². The van der Waals surface area contributed by atoms with Crippen LogP contribution in [0.5, 0.6) is 0 Å². The molecule has 1 amide bonds. The zero-order chi connectivity index (χ0) is 8.27. The Hall–Kier alpha value is -1.06. The molecule has 1 fully saturated rings. The molecule has 11 heavy (non-hydrogen) atoms. The molecule has 0 aromatic carbocycles. The van der Waals surface area contributed by atoms with Gasteiger partial charge < -0.3 is 10.4 Å².